The number of thiophene rings is 1. The molecule has 0 saturated heterocycles. The average molecular weight is 425 g/mol. The molecule has 6 nitrogen and oxygen atoms in total. The van der Waals surface area contributed by atoms with E-state index in [0.717, 1.165) is 36.8 Å². The Hall–Kier alpha value is -2.64. The first kappa shape index (κ1) is 19.3. The van der Waals surface area contributed by atoms with Crippen LogP contribution < -0.4 is 10.2 Å². The van der Waals surface area contributed by atoms with Gasteiger partial charge >= 0.3 is 5.97 Å². The number of H-pyrrole nitrogens is 1. The van der Waals surface area contributed by atoms with Gasteiger partial charge in [-0.15, -0.1) is 11.3 Å². The van der Waals surface area contributed by atoms with Crippen LogP contribution in [-0.4, -0.2) is 48.2 Å². The number of aromatic carboxylic acids is 1. The second kappa shape index (κ2) is 6.96. The van der Waals surface area contributed by atoms with Gasteiger partial charge in [0.1, 0.15) is 5.56 Å². The summed E-state index contributed by atoms with van der Waals surface area (Å²) >= 11 is 1.81. The standard InChI is InChI=1S/C23H24N2O4S/c1-25(2)13-6-12-7-18(30-17(12)8-13)19-14(11-4-5-11)9-15-20(22(19)29-3)24-10-16(21(15)26)23(27)28/h7,9-11,13H,4-6,8H2,1-3H3,(H,24,26)(H,27,28). The average Bonchev–Trinajstić information content (AvgIpc) is 3.35. The highest BCUT2D eigenvalue weighted by atomic mass is 32.1. The summed E-state index contributed by atoms with van der Waals surface area (Å²) in [6, 6.07) is 4.72. The predicted molar refractivity (Wildman–Crippen MR) is 118 cm³/mol. The summed E-state index contributed by atoms with van der Waals surface area (Å²) in [6.45, 7) is 0. The van der Waals surface area contributed by atoms with E-state index in [1.807, 2.05) is 17.4 Å². The highest BCUT2D eigenvalue weighted by Gasteiger charge is 2.33. The van der Waals surface area contributed by atoms with E-state index < -0.39 is 11.4 Å². The van der Waals surface area contributed by atoms with Crippen molar-refractivity contribution in [2.45, 2.75) is 37.6 Å². The summed E-state index contributed by atoms with van der Waals surface area (Å²) in [5.41, 5.74) is 3.39. The number of methoxy groups -OCH3 is 1. The van der Waals surface area contributed by atoms with Crippen LogP contribution in [-0.2, 0) is 12.8 Å². The second-order valence-corrected chi connectivity index (χ2v) is 9.63. The molecule has 1 aromatic carbocycles. The Morgan fingerprint density at radius 2 is 2.03 bits per heavy atom. The van der Waals surface area contributed by atoms with E-state index in [1.165, 1.54) is 21.5 Å². The number of aromatic amines is 1. The lowest BCUT2D eigenvalue weighted by molar-refractivity contribution is 0.0695. The molecule has 2 aliphatic carbocycles. The van der Waals surface area contributed by atoms with Crippen LogP contribution in [0.2, 0.25) is 0 Å². The Balaban J connectivity index is 1.72. The molecule has 30 heavy (non-hydrogen) atoms. The third-order valence-electron chi connectivity index (χ3n) is 6.36. The van der Waals surface area contributed by atoms with Crippen molar-refractivity contribution in [1.29, 1.82) is 0 Å². The molecule has 1 unspecified atom stereocenters. The fourth-order valence-electron chi connectivity index (χ4n) is 4.53. The van der Waals surface area contributed by atoms with E-state index in [-0.39, 0.29) is 5.56 Å². The predicted octanol–water partition coefficient (Wildman–Crippen LogP) is 3.87. The lowest BCUT2D eigenvalue weighted by atomic mass is 9.96. The first-order valence-electron chi connectivity index (χ1n) is 10.2. The lowest BCUT2D eigenvalue weighted by Crippen LogP contribution is -2.28. The number of benzene rings is 1. The zero-order chi connectivity index (χ0) is 21.2. The van der Waals surface area contributed by atoms with E-state index in [9.17, 15) is 14.7 Å². The van der Waals surface area contributed by atoms with Crippen molar-refractivity contribution >= 4 is 28.2 Å². The Kier molecular flexibility index (Phi) is 4.48. The van der Waals surface area contributed by atoms with Crippen LogP contribution in [0.1, 0.15) is 45.1 Å². The lowest BCUT2D eigenvalue weighted by Gasteiger charge is -2.19. The van der Waals surface area contributed by atoms with E-state index in [0.29, 0.717) is 28.6 Å². The van der Waals surface area contributed by atoms with Crippen molar-refractivity contribution < 1.29 is 14.6 Å². The van der Waals surface area contributed by atoms with Crippen LogP contribution in [0.3, 0.4) is 0 Å². The number of ether oxygens (including phenoxy) is 1. The Bertz CT molecular complexity index is 1210. The van der Waals surface area contributed by atoms with Crippen molar-refractivity contribution in [3.63, 3.8) is 0 Å². The molecule has 2 aliphatic rings. The molecule has 1 atom stereocenters. The first-order chi connectivity index (χ1) is 14.4. The second-order valence-electron chi connectivity index (χ2n) is 8.49. The molecule has 0 spiro atoms. The Labute approximate surface area is 178 Å². The van der Waals surface area contributed by atoms with Gasteiger partial charge in [-0.1, -0.05) is 0 Å². The third-order valence-corrected chi connectivity index (χ3v) is 7.58. The summed E-state index contributed by atoms with van der Waals surface area (Å²) in [5, 5.41) is 9.73. The largest absolute Gasteiger partial charge is 0.494 e. The molecule has 156 valence electrons. The number of carbonyl (C=O) groups is 1. The third kappa shape index (κ3) is 2.96. The normalized spacial score (nSPS) is 18.2. The fraction of sp³-hybridized carbons (Fsp3) is 0.391. The number of aromatic nitrogens is 1. The molecule has 7 heteroatoms. The van der Waals surface area contributed by atoms with Gasteiger partial charge in [0.25, 0.3) is 0 Å². The van der Waals surface area contributed by atoms with Crippen molar-refractivity contribution in [1.82, 2.24) is 9.88 Å². The molecule has 2 N–H and O–H groups in total. The minimum Gasteiger partial charge on any atom is -0.494 e. The molecule has 1 saturated carbocycles. The van der Waals surface area contributed by atoms with Gasteiger partial charge in [0, 0.05) is 27.6 Å². The minimum absolute atomic E-state index is 0.246. The zero-order valence-electron chi connectivity index (χ0n) is 17.2. The summed E-state index contributed by atoms with van der Waals surface area (Å²) in [6.07, 6.45) is 5.52. The molecule has 0 amide bonds. The highest BCUT2D eigenvalue weighted by Crippen LogP contribution is 2.51. The molecule has 1 fully saturated rings. The summed E-state index contributed by atoms with van der Waals surface area (Å²) < 4.78 is 5.83. The SMILES string of the molecule is COc1c(-c2cc3c(s2)CC(N(C)C)C3)c(C2CC2)cc2c(=O)c(C(=O)O)c[nH]c12. The zero-order valence-corrected chi connectivity index (χ0v) is 18.1. The fourth-order valence-corrected chi connectivity index (χ4v) is 5.86. The number of carboxylic acids is 1. The number of rotatable bonds is 5. The maximum atomic E-state index is 12.8. The molecule has 2 aromatic heterocycles. The minimum atomic E-state index is -1.22. The van der Waals surface area contributed by atoms with Crippen LogP contribution in [0, 0.1) is 0 Å². The van der Waals surface area contributed by atoms with E-state index in [1.54, 1.807) is 7.11 Å². The van der Waals surface area contributed by atoms with Gasteiger partial charge in [0.15, 0.2) is 5.75 Å². The molecule has 3 aromatic rings. The van der Waals surface area contributed by atoms with Gasteiger partial charge in [-0.3, -0.25) is 4.79 Å². The topological polar surface area (TPSA) is 82.6 Å². The number of likely N-dealkylation sites (N-methyl/N-ethyl adjacent to an activating group) is 1. The molecule has 0 aliphatic heterocycles. The number of hydrogen-bond donors (Lipinski definition) is 2. The van der Waals surface area contributed by atoms with Gasteiger partial charge in [-0.05, 0) is 69.0 Å². The van der Waals surface area contributed by atoms with Crippen molar-refractivity contribution in [3.8, 4) is 16.2 Å². The number of hydrogen-bond acceptors (Lipinski definition) is 5. The maximum absolute atomic E-state index is 12.8. The first-order valence-corrected chi connectivity index (χ1v) is 11.0. The quantitative estimate of drug-likeness (QED) is 0.650. The van der Waals surface area contributed by atoms with Crippen LogP contribution in [0.5, 0.6) is 5.75 Å². The summed E-state index contributed by atoms with van der Waals surface area (Å²) in [5.74, 6) is -0.204. The number of pyridine rings is 1. The van der Waals surface area contributed by atoms with Crippen LogP contribution >= 0.6 is 11.3 Å². The highest BCUT2D eigenvalue weighted by molar-refractivity contribution is 7.15. The van der Waals surface area contributed by atoms with Gasteiger partial charge in [-0.2, -0.15) is 0 Å². The van der Waals surface area contributed by atoms with Crippen molar-refractivity contribution in [2.24, 2.45) is 0 Å². The summed E-state index contributed by atoms with van der Waals surface area (Å²) in [4.78, 5) is 32.2. The van der Waals surface area contributed by atoms with E-state index in [4.69, 9.17) is 4.74 Å². The smallest absolute Gasteiger partial charge is 0.341 e. The number of fused-ring (bicyclic) bond motifs is 2. The van der Waals surface area contributed by atoms with E-state index >= 15 is 0 Å². The molecule has 0 radical (unpaired) electrons. The molecule has 0 bridgehead atoms. The van der Waals surface area contributed by atoms with Gasteiger partial charge < -0.3 is 19.7 Å². The molecule has 2 heterocycles. The molecular weight excluding hydrogens is 400 g/mol. The molecule has 5 rings (SSSR count). The van der Waals surface area contributed by atoms with Crippen molar-refractivity contribution in [3.05, 3.63) is 50.1 Å². The van der Waals surface area contributed by atoms with E-state index in [2.05, 4.69) is 30.0 Å². The van der Waals surface area contributed by atoms with Crippen LogP contribution in [0.15, 0.2) is 23.1 Å². The number of carboxylic acid groups (broad SMARTS) is 1. The van der Waals surface area contributed by atoms with Gasteiger partial charge in [0.2, 0.25) is 5.43 Å². The van der Waals surface area contributed by atoms with Gasteiger partial charge in [-0.25, -0.2) is 4.79 Å². The number of nitrogens with zero attached hydrogens (tertiary/aromatic N) is 1. The summed E-state index contributed by atoms with van der Waals surface area (Å²) in [7, 11) is 5.87. The van der Waals surface area contributed by atoms with Gasteiger partial charge in [0.05, 0.1) is 18.0 Å². The Morgan fingerprint density at radius 3 is 2.63 bits per heavy atom. The van der Waals surface area contributed by atoms with Crippen LogP contribution in [0.4, 0.5) is 0 Å². The van der Waals surface area contributed by atoms with Crippen molar-refractivity contribution in [2.75, 3.05) is 21.2 Å². The molecular formula is C23H24N2O4S. The van der Waals surface area contributed by atoms with Crippen LogP contribution in [0.25, 0.3) is 21.3 Å². The monoisotopic (exact) mass is 424 g/mol. The number of nitrogens with one attached hydrogen (secondary N) is 1. The maximum Gasteiger partial charge on any atom is 0.341 e. The Morgan fingerprint density at radius 1 is 1.27 bits per heavy atom.